The van der Waals surface area contributed by atoms with Gasteiger partial charge in [0.05, 0.1) is 16.0 Å². The third-order valence-corrected chi connectivity index (χ3v) is 4.22. The first-order chi connectivity index (χ1) is 11.2. The zero-order valence-electron chi connectivity index (χ0n) is 12.8. The number of amides is 1. The fourth-order valence-corrected chi connectivity index (χ4v) is 2.84. The number of rotatable bonds is 4. The van der Waals surface area contributed by atoms with Crippen LogP contribution >= 0.6 is 23.2 Å². The normalized spacial score (nSPS) is 11.9. The van der Waals surface area contributed by atoms with E-state index in [4.69, 9.17) is 23.2 Å². The van der Waals surface area contributed by atoms with Gasteiger partial charge in [-0.05, 0) is 37.6 Å². The van der Waals surface area contributed by atoms with Crippen molar-refractivity contribution in [2.24, 2.45) is 0 Å². The van der Waals surface area contributed by atoms with E-state index in [2.05, 4.69) is 5.32 Å². The Morgan fingerprint density at radius 2 is 1.96 bits per heavy atom. The van der Waals surface area contributed by atoms with Gasteiger partial charge in [0.1, 0.15) is 5.82 Å². The summed E-state index contributed by atoms with van der Waals surface area (Å²) in [6.45, 7) is 3.12. The summed E-state index contributed by atoms with van der Waals surface area (Å²) in [5.41, 5.74) is 0.628. The highest BCUT2D eigenvalue weighted by Gasteiger charge is 2.21. The van der Waals surface area contributed by atoms with Gasteiger partial charge in [0.15, 0.2) is 0 Å². The highest BCUT2D eigenvalue weighted by atomic mass is 35.5. The van der Waals surface area contributed by atoms with E-state index in [0.29, 0.717) is 5.56 Å². The maximum Gasteiger partial charge on any atom is 0.273 e. The lowest BCUT2D eigenvalue weighted by molar-refractivity contribution is -0.385. The van der Waals surface area contributed by atoms with Gasteiger partial charge in [0, 0.05) is 22.2 Å². The molecule has 0 bridgehead atoms. The maximum atomic E-state index is 13.6. The zero-order valence-corrected chi connectivity index (χ0v) is 14.3. The highest BCUT2D eigenvalue weighted by molar-refractivity contribution is 6.35. The molecule has 0 heterocycles. The van der Waals surface area contributed by atoms with E-state index in [1.165, 1.54) is 31.2 Å². The van der Waals surface area contributed by atoms with Crippen molar-refractivity contribution < 1.29 is 14.1 Å². The lowest BCUT2D eigenvalue weighted by Crippen LogP contribution is -2.27. The molecule has 0 aliphatic carbocycles. The summed E-state index contributed by atoms with van der Waals surface area (Å²) in [5.74, 6) is -1.17. The number of nitro benzene ring substituents is 1. The highest BCUT2D eigenvalue weighted by Crippen LogP contribution is 2.29. The molecule has 5 nitrogen and oxygen atoms in total. The second-order valence-corrected chi connectivity index (χ2v) is 6.00. The van der Waals surface area contributed by atoms with Gasteiger partial charge in [-0.2, -0.15) is 0 Å². The standard InChI is InChI=1S/C16H13Cl2FN2O3/c1-8-10(4-3-5-15(8)21(23)24)16(22)20-9(2)11-6-14(19)13(18)7-12(11)17/h3-7,9H,1-2H3,(H,20,22). The second kappa shape index (κ2) is 7.15. The molecular weight excluding hydrogens is 358 g/mol. The number of hydrogen-bond donors (Lipinski definition) is 1. The average Bonchev–Trinajstić information content (AvgIpc) is 2.50. The van der Waals surface area contributed by atoms with Crippen molar-refractivity contribution in [1.82, 2.24) is 5.32 Å². The van der Waals surface area contributed by atoms with Gasteiger partial charge >= 0.3 is 0 Å². The first-order valence-electron chi connectivity index (χ1n) is 6.91. The van der Waals surface area contributed by atoms with E-state index < -0.39 is 22.7 Å². The molecule has 24 heavy (non-hydrogen) atoms. The fourth-order valence-electron chi connectivity index (χ4n) is 2.29. The molecule has 2 rings (SSSR count). The van der Waals surface area contributed by atoms with E-state index >= 15 is 0 Å². The molecule has 1 amide bonds. The number of hydrogen-bond acceptors (Lipinski definition) is 3. The van der Waals surface area contributed by atoms with Crippen molar-refractivity contribution in [3.8, 4) is 0 Å². The predicted octanol–water partition coefficient (Wildman–Crippen LogP) is 4.84. The summed E-state index contributed by atoms with van der Waals surface area (Å²) in [5, 5.41) is 13.7. The third-order valence-electron chi connectivity index (χ3n) is 3.60. The molecule has 0 radical (unpaired) electrons. The molecule has 0 aromatic heterocycles. The fraction of sp³-hybridized carbons (Fsp3) is 0.188. The van der Waals surface area contributed by atoms with Crippen LogP contribution in [0.1, 0.15) is 34.5 Å². The monoisotopic (exact) mass is 370 g/mol. The molecule has 0 fully saturated rings. The van der Waals surface area contributed by atoms with Crippen LogP contribution in [0, 0.1) is 22.9 Å². The summed E-state index contributed by atoms with van der Waals surface area (Å²) in [6, 6.07) is 6.02. The molecule has 1 atom stereocenters. The Morgan fingerprint density at radius 1 is 1.29 bits per heavy atom. The SMILES string of the molecule is Cc1c(C(=O)NC(C)c2cc(F)c(Cl)cc2Cl)cccc1[N+](=O)[O-]. The Kier molecular flexibility index (Phi) is 5.41. The van der Waals surface area contributed by atoms with Crippen LogP contribution in [0.25, 0.3) is 0 Å². The first-order valence-corrected chi connectivity index (χ1v) is 7.67. The molecule has 2 aromatic rings. The number of carbonyl (C=O) groups excluding carboxylic acids is 1. The smallest absolute Gasteiger partial charge is 0.273 e. The number of nitrogens with zero attached hydrogens (tertiary/aromatic N) is 1. The molecule has 0 aliphatic rings. The Balaban J connectivity index is 2.29. The van der Waals surface area contributed by atoms with E-state index in [9.17, 15) is 19.3 Å². The predicted molar refractivity (Wildman–Crippen MR) is 90.1 cm³/mol. The Labute approximate surface area is 147 Å². The number of nitrogens with one attached hydrogen (secondary N) is 1. The molecule has 1 N–H and O–H groups in total. The quantitative estimate of drug-likeness (QED) is 0.475. The van der Waals surface area contributed by atoms with E-state index in [1.54, 1.807) is 6.92 Å². The van der Waals surface area contributed by atoms with Gasteiger partial charge in [-0.3, -0.25) is 14.9 Å². The van der Waals surface area contributed by atoms with Gasteiger partial charge < -0.3 is 5.32 Å². The van der Waals surface area contributed by atoms with Crippen molar-refractivity contribution >= 4 is 34.8 Å². The molecule has 126 valence electrons. The number of halogens is 3. The summed E-state index contributed by atoms with van der Waals surface area (Å²) < 4.78 is 13.6. The maximum absolute atomic E-state index is 13.6. The van der Waals surface area contributed by atoms with Crippen LogP contribution in [0.15, 0.2) is 30.3 Å². The molecular formula is C16H13Cl2FN2O3. The zero-order chi connectivity index (χ0) is 18.0. The summed E-state index contributed by atoms with van der Waals surface area (Å²) >= 11 is 11.7. The number of benzene rings is 2. The first kappa shape index (κ1) is 18.2. The van der Waals surface area contributed by atoms with Crippen molar-refractivity contribution in [3.63, 3.8) is 0 Å². The minimum Gasteiger partial charge on any atom is -0.345 e. The van der Waals surface area contributed by atoms with Crippen molar-refractivity contribution in [2.75, 3.05) is 0 Å². The van der Waals surface area contributed by atoms with Gasteiger partial charge in [0.25, 0.3) is 11.6 Å². The van der Waals surface area contributed by atoms with Crippen LogP contribution < -0.4 is 5.32 Å². The summed E-state index contributed by atoms with van der Waals surface area (Å²) in [4.78, 5) is 22.8. The molecule has 1 unspecified atom stereocenters. The van der Waals surface area contributed by atoms with Crippen molar-refractivity contribution in [2.45, 2.75) is 19.9 Å². The topological polar surface area (TPSA) is 72.2 Å². The number of carbonyl (C=O) groups is 1. The van der Waals surface area contributed by atoms with Crippen LogP contribution in [-0.4, -0.2) is 10.8 Å². The number of nitro groups is 1. The lowest BCUT2D eigenvalue weighted by Gasteiger charge is -2.17. The van der Waals surface area contributed by atoms with Gasteiger partial charge in [-0.1, -0.05) is 29.3 Å². The largest absolute Gasteiger partial charge is 0.345 e. The van der Waals surface area contributed by atoms with Crippen LogP contribution in [0.4, 0.5) is 10.1 Å². The Hall–Kier alpha value is -2.18. The molecule has 0 saturated heterocycles. The van der Waals surface area contributed by atoms with E-state index in [0.717, 1.165) is 6.07 Å². The molecule has 0 saturated carbocycles. The van der Waals surface area contributed by atoms with Crippen LogP contribution in [-0.2, 0) is 0 Å². The minimum absolute atomic E-state index is 0.114. The molecule has 8 heteroatoms. The van der Waals surface area contributed by atoms with Crippen LogP contribution in [0.5, 0.6) is 0 Å². The van der Waals surface area contributed by atoms with Crippen molar-refractivity contribution in [3.05, 3.63) is 73.0 Å². The molecule has 0 aliphatic heterocycles. The molecule has 2 aromatic carbocycles. The third kappa shape index (κ3) is 3.66. The average molecular weight is 371 g/mol. The second-order valence-electron chi connectivity index (χ2n) is 5.19. The molecule has 0 spiro atoms. The van der Waals surface area contributed by atoms with Crippen molar-refractivity contribution in [1.29, 1.82) is 0 Å². The Bertz CT molecular complexity index is 827. The summed E-state index contributed by atoms with van der Waals surface area (Å²) in [6.07, 6.45) is 0. The van der Waals surface area contributed by atoms with Crippen LogP contribution in [0.2, 0.25) is 10.0 Å². The van der Waals surface area contributed by atoms with Gasteiger partial charge in [0.2, 0.25) is 0 Å². The van der Waals surface area contributed by atoms with Gasteiger partial charge in [-0.15, -0.1) is 0 Å². The Morgan fingerprint density at radius 3 is 2.58 bits per heavy atom. The van der Waals surface area contributed by atoms with E-state index in [-0.39, 0.29) is 26.9 Å². The lowest BCUT2D eigenvalue weighted by atomic mass is 10.0. The summed E-state index contributed by atoms with van der Waals surface area (Å²) in [7, 11) is 0. The van der Waals surface area contributed by atoms with Crippen LogP contribution in [0.3, 0.4) is 0 Å². The van der Waals surface area contributed by atoms with E-state index in [1.807, 2.05) is 0 Å². The van der Waals surface area contributed by atoms with Gasteiger partial charge in [-0.25, -0.2) is 4.39 Å². The minimum atomic E-state index is -0.649.